The zero-order valence-electron chi connectivity index (χ0n) is 12.1. The molecule has 5 nitrogen and oxygen atoms in total. The van der Waals surface area contributed by atoms with Crippen LogP contribution >= 0.6 is 0 Å². The summed E-state index contributed by atoms with van der Waals surface area (Å²) >= 11 is 0. The maximum absolute atomic E-state index is 12.4. The number of hydrogen-bond acceptors (Lipinski definition) is 3. The van der Waals surface area contributed by atoms with E-state index < -0.39 is 0 Å². The van der Waals surface area contributed by atoms with Crippen molar-refractivity contribution in [2.24, 2.45) is 0 Å². The summed E-state index contributed by atoms with van der Waals surface area (Å²) in [5.41, 5.74) is 1.77. The first-order valence-corrected chi connectivity index (χ1v) is 7.31. The van der Waals surface area contributed by atoms with Gasteiger partial charge in [0.15, 0.2) is 0 Å². The molecule has 0 unspecified atom stereocenters. The maximum Gasteiger partial charge on any atom is 0.255 e. The zero-order valence-corrected chi connectivity index (χ0v) is 12.1. The fraction of sp³-hybridized carbons (Fsp3) is 0.375. The number of amides is 1. The average molecular weight is 285 g/mol. The summed E-state index contributed by atoms with van der Waals surface area (Å²) in [5.74, 6) is 0.565. The largest absolute Gasteiger partial charge is 0.493 e. The summed E-state index contributed by atoms with van der Waals surface area (Å²) in [4.78, 5) is 12.4. The molecule has 1 atom stereocenters. The first-order valence-electron chi connectivity index (χ1n) is 7.31. The predicted molar refractivity (Wildman–Crippen MR) is 79.4 cm³/mol. The first kappa shape index (κ1) is 13.7. The molecule has 1 aromatic heterocycles. The van der Waals surface area contributed by atoms with Crippen molar-refractivity contribution in [1.29, 1.82) is 0 Å². The van der Waals surface area contributed by atoms with E-state index in [1.807, 2.05) is 42.1 Å². The van der Waals surface area contributed by atoms with Gasteiger partial charge in [0.05, 0.1) is 12.2 Å². The van der Waals surface area contributed by atoms with Crippen molar-refractivity contribution in [3.63, 3.8) is 0 Å². The number of para-hydroxylation sites is 1. The van der Waals surface area contributed by atoms with Gasteiger partial charge in [-0.25, -0.2) is 0 Å². The van der Waals surface area contributed by atoms with Crippen molar-refractivity contribution in [2.45, 2.75) is 32.4 Å². The van der Waals surface area contributed by atoms with Crippen LogP contribution in [0.15, 0.2) is 36.5 Å². The van der Waals surface area contributed by atoms with Gasteiger partial charge in [-0.15, -0.1) is 0 Å². The summed E-state index contributed by atoms with van der Waals surface area (Å²) in [6.45, 7) is 3.31. The van der Waals surface area contributed by atoms with Crippen LogP contribution in [0.5, 0.6) is 5.75 Å². The van der Waals surface area contributed by atoms with Gasteiger partial charge in [0.2, 0.25) is 0 Å². The Bertz CT molecular complexity index is 636. The topological polar surface area (TPSA) is 56.1 Å². The number of carbonyl (C=O) groups is 1. The molecule has 0 aliphatic carbocycles. The molecule has 21 heavy (non-hydrogen) atoms. The Kier molecular flexibility index (Phi) is 3.90. The van der Waals surface area contributed by atoms with Crippen molar-refractivity contribution in [3.05, 3.63) is 47.8 Å². The normalized spacial score (nSPS) is 17.1. The van der Waals surface area contributed by atoms with Gasteiger partial charge >= 0.3 is 0 Å². The molecule has 0 radical (unpaired) electrons. The predicted octanol–water partition coefficient (Wildman–Crippen LogP) is 2.03. The number of ether oxygens (including phenoxy) is 1. The van der Waals surface area contributed by atoms with E-state index in [-0.39, 0.29) is 11.9 Å². The Labute approximate surface area is 123 Å². The molecular formula is C16H19N3O2. The van der Waals surface area contributed by atoms with E-state index in [1.165, 1.54) is 5.69 Å². The van der Waals surface area contributed by atoms with Gasteiger partial charge in [-0.2, -0.15) is 5.10 Å². The highest BCUT2D eigenvalue weighted by Crippen LogP contribution is 2.19. The molecule has 1 aliphatic heterocycles. The summed E-state index contributed by atoms with van der Waals surface area (Å²) in [7, 11) is 0. The third-order valence-electron chi connectivity index (χ3n) is 3.72. The monoisotopic (exact) mass is 285 g/mol. The Balaban J connectivity index is 1.70. The molecule has 5 heteroatoms. The first-order chi connectivity index (χ1) is 10.3. The number of hydrogen-bond donors (Lipinski definition) is 1. The van der Waals surface area contributed by atoms with E-state index in [4.69, 9.17) is 4.74 Å². The number of rotatable bonds is 4. The minimum Gasteiger partial charge on any atom is -0.493 e. The molecule has 0 saturated heterocycles. The lowest BCUT2D eigenvalue weighted by Crippen LogP contribution is -2.40. The number of aryl methyl sites for hydroxylation is 1. The minimum atomic E-state index is -0.0722. The Hall–Kier alpha value is -2.30. The molecule has 2 aromatic rings. The van der Waals surface area contributed by atoms with E-state index in [0.717, 1.165) is 19.4 Å². The maximum atomic E-state index is 12.4. The van der Waals surface area contributed by atoms with Crippen molar-refractivity contribution in [2.75, 3.05) is 6.61 Å². The Morgan fingerprint density at radius 3 is 3.14 bits per heavy atom. The molecule has 0 saturated carbocycles. The summed E-state index contributed by atoms with van der Waals surface area (Å²) < 4.78 is 7.51. The third-order valence-corrected chi connectivity index (χ3v) is 3.72. The molecule has 1 aromatic carbocycles. The smallest absolute Gasteiger partial charge is 0.255 e. The molecule has 1 amide bonds. The lowest BCUT2D eigenvalue weighted by molar-refractivity contribution is 0.0926. The molecular weight excluding hydrogens is 266 g/mol. The van der Waals surface area contributed by atoms with Crippen LogP contribution in [0.25, 0.3) is 0 Å². The van der Waals surface area contributed by atoms with Gasteiger partial charge < -0.3 is 10.1 Å². The fourth-order valence-corrected chi connectivity index (χ4v) is 2.69. The van der Waals surface area contributed by atoms with E-state index >= 15 is 0 Å². The van der Waals surface area contributed by atoms with Crippen molar-refractivity contribution in [3.8, 4) is 5.75 Å². The van der Waals surface area contributed by atoms with E-state index in [2.05, 4.69) is 10.4 Å². The summed E-state index contributed by atoms with van der Waals surface area (Å²) in [5, 5.41) is 7.36. The molecule has 1 aliphatic rings. The van der Waals surface area contributed by atoms with Crippen LogP contribution in [0.2, 0.25) is 0 Å². The van der Waals surface area contributed by atoms with Gasteiger partial charge in [0.25, 0.3) is 5.91 Å². The van der Waals surface area contributed by atoms with Crippen molar-refractivity contribution >= 4 is 5.91 Å². The number of fused-ring (bicyclic) bond motifs is 1. The Morgan fingerprint density at radius 1 is 1.43 bits per heavy atom. The van der Waals surface area contributed by atoms with Gasteiger partial charge in [-0.05, 0) is 31.5 Å². The molecule has 110 valence electrons. The van der Waals surface area contributed by atoms with Gasteiger partial charge in [0, 0.05) is 30.9 Å². The summed E-state index contributed by atoms with van der Waals surface area (Å²) in [6, 6.07) is 9.51. The lowest BCUT2D eigenvalue weighted by Gasteiger charge is -2.24. The second-order valence-electron chi connectivity index (χ2n) is 5.14. The molecule has 0 bridgehead atoms. The van der Waals surface area contributed by atoms with Crippen LogP contribution in [0, 0.1) is 0 Å². The third kappa shape index (κ3) is 2.91. The molecule has 2 heterocycles. The van der Waals surface area contributed by atoms with Crippen LogP contribution in [0.1, 0.15) is 29.4 Å². The number of benzene rings is 1. The van der Waals surface area contributed by atoms with Crippen molar-refractivity contribution in [1.82, 2.24) is 15.1 Å². The van der Waals surface area contributed by atoms with Gasteiger partial charge in [-0.3, -0.25) is 9.48 Å². The SMILES string of the molecule is CCOc1ccccc1C(=O)N[C@H]1CCn2nccc2C1. The van der Waals surface area contributed by atoms with E-state index in [0.29, 0.717) is 17.9 Å². The molecule has 1 N–H and O–H groups in total. The second kappa shape index (κ2) is 5.99. The van der Waals surface area contributed by atoms with Gasteiger partial charge in [0.1, 0.15) is 5.75 Å². The summed E-state index contributed by atoms with van der Waals surface area (Å²) in [6.07, 6.45) is 3.53. The van der Waals surface area contributed by atoms with Crippen LogP contribution < -0.4 is 10.1 Å². The number of nitrogens with zero attached hydrogens (tertiary/aromatic N) is 2. The zero-order chi connectivity index (χ0) is 14.7. The number of aromatic nitrogens is 2. The molecule has 0 fully saturated rings. The number of carbonyl (C=O) groups excluding carboxylic acids is 1. The highest BCUT2D eigenvalue weighted by atomic mass is 16.5. The quantitative estimate of drug-likeness (QED) is 0.935. The van der Waals surface area contributed by atoms with Crippen LogP contribution in [0.4, 0.5) is 0 Å². The minimum absolute atomic E-state index is 0.0722. The highest BCUT2D eigenvalue weighted by molar-refractivity contribution is 5.97. The second-order valence-corrected chi connectivity index (χ2v) is 5.14. The van der Waals surface area contributed by atoms with Crippen LogP contribution in [-0.4, -0.2) is 28.3 Å². The highest BCUT2D eigenvalue weighted by Gasteiger charge is 2.22. The van der Waals surface area contributed by atoms with Gasteiger partial charge in [-0.1, -0.05) is 12.1 Å². The van der Waals surface area contributed by atoms with E-state index in [9.17, 15) is 4.79 Å². The van der Waals surface area contributed by atoms with Crippen LogP contribution in [-0.2, 0) is 13.0 Å². The number of nitrogens with one attached hydrogen (secondary N) is 1. The molecule has 3 rings (SSSR count). The van der Waals surface area contributed by atoms with E-state index in [1.54, 1.807) is 6.07 Å². The standard InChI is InChI=1S/C16H19N3O2/c1-2-21-15-6-4-3-5-14(15)16(20)18-12-8-10-19-13(11-12)7-9-17-19/h3-7,9,12H,2,8,10-11H2,1H3,(H,18,20)/t12-/m0/s1. The average Bonchev–Trinajstić information content (AvgIpc) is 2.95. The molecule has 0 spiro atoms. The Morgan fingerprint density at radius 2 is 2.29 bits per heavy atom. The van der Waals surface area contributed by atoms with Crippen LogP contribution in [0.3, 0.4) is 0 Å². The fourth-order valence-electron chi connectivity index (χ4n) is 2.69. The van der Waals surface area contributed by atoms with Crippen molar-refractivity contribution < 1.29 is 9.53 Å². The lowest BCUT2D eigenvalue weighted by atomic mass is 10.0.